The molecule has 0 aliphatic rings. The first-order valence-corrected chi connectivity index (χ1v) is 2.70. The van der Waals surface area contributed by atoms with Gasteiger partial charge in [0.05, 0.1) is 5.97 Å². The summed E-state index contributed by atoms with van der Waals surface area (Å²) in [5, 5.41) is 19.6. The Morgan fingerprint density at radius 3 is 1.60 bits per heavy atom. The van der Waals surface area contributed by atoms with Crippen LogP contribution in [0.1, 0.15) is 12.8 Å². The van der Waals surface area contributed by atoms with Crippen LogP contribution in [0.2, 0.25) is 0 Å². The molecular formula is C5H15CaNO8. The Morgan fingerprint density at radius 2 is 1.40 bits per heavy atom. The maximum Gasteiger partial charge on any atom is 2.00 e. The van der Waals surface area contributed by atoms with Crippen molar-refractivity contribution in [2.45, 2.75) is 18.9 Å². The van der Waals surface area contributed by atoms with Crippen LogP contribution in [0.3, 0.4) is 0 Å². The van der Waals surface area contributed by atoms with E-state index in [4.69, 9.17) is 5.73 Å². The van der Waals surface area contributed by atoms with Gasteiger partial charge in [-0.15, -0.1) is 0 Å². The number of hydrogen-bond acceptors (Lipinski definition) is 5. The summed E-state index contributed by atoms with van der Waals surface area (Å²) in [5.41, 5.74) is 4.91. The summed E-state index contributed by atoms with van der Waals surface area (Å²) in [6.45, 7) is 0. The minimum absolute atomic E-state index is 0. The standard InChI is InChI=1S/C5H9NO4.Ca.4H2O/c6-3(5(9)10)1-2-4(7)8;;;;;/h3H,1-2,6H2,(H,7,8)(H,9,10);;4*1H2/q;+2;;;;/p-2/t3-;;;;;/m1...../s1. The fourth-order valence-corrected chi connectivity index (χ4v) is 0.391. The zero-order valence-corrected chi connectivity index (χ0v) is 10.1. The van der Waals surface area contributed by atoms with Gasteiger partial charge >= 0.3 is 37.7 Å². The molecule has 0 amide bonds. The van der Waals surface area contributed by atoms with Crippen LogP contribution in [0, 0.1) is 0 Å². The van der Waals surface area contributed by atoms with Gasteiger partial charge in [-0.3, -0.25) is 0 Å². The quantitative estimate of drug-likeness (QED) is 0.481. The van der Waals surface area contributed by atoms with Crippen LogP contribution in [-0.2, 0) is 9.59 Å². The number of rotatable bonds is 4. The smallest absolute Gasteiger partial charge is 0.550 e. The molecule has 10 N–H and O–H groups in total. The van der Waals surface area contributed by atoms with E-state index in [-0.39, 0.29) is 72.5 Å². The van der Waals surface area contributed by atoms with E-state index in [0.29, 0.717) is 0 Å². The van der Waals surface area contributed by atoms with Gasteiger partial charge in [-0.1, -0.05) is 0 Å². The summed E-state index contributed by atoms with van der Waals surface area (Å²) in [5.74, 6) is -2.75. The third-order valence-electron chi connectivity index (χ3n) is 0.962. The van der Waals surface area contributed by atoms with Gasteiger partial charge in [-0.05, 0) is 12.8 Å². The molecule has 1 atom stereocenters. The molecule has 0 saturated heterocycles. The first kappa shape index (κ1) is 36.3. The molecule has 9 nitrogen and oxygen atoms in total. The number of carbonyl (C=O) groups excluding carboxylic acids is 2. The summed E-state index contributed by atoms with van der Waals surface area (Å²) in [6.07, 6.45) is -0.500. The topological polar surface area (TPSA) is 232 Å². The van der Waals surface area contributed by atoms with Crippen molar-refractivity contribution in [1.82, 2.24) is 0 Å². The Balaban J connectivity index is -0.0000000405. The van der Waals surface area contributed by atoms with Gasteiger partial charge < -0.3 is 47.4 Å². The Labute approximate surface area is 115 Å². The van der Waals surface area contributed by atoms with Crippen LogP contribution in [0.4, 0.5) is 0 Å². The third-order valence-corrected chi connectivity index (χ3v) is 0.962. The van der Waals surface area contributed by atoms with Crippen LogP contribution >= 0.6 is 0 Å². The average molecular weight is 257 g/mol. The maximum absolute atomic E-state index is 9.86. The molecule has 0 rings (SSSR count). The molecule has 0 fully saturated rings. The summed E-state index contributed by atoms with van der Waals surface area (Å²) in [6, 6.07) is -1.21. The molecule has 0 aromatic rings. The van der Waals surface area contributed by atoms with Crippen molar-refractivity contribution in [2.24, 2.45) is 5.73 Å². The first-order chi connectivity index (χ1) is 4.54. The van der Waals surface area contributed by atoms with Crippen molar-refractivity contribution in [3.8, 4) is 0 Å². The van der Waals surface area contributed by atoms with Crippen LogP contribution in [0.5, 0.6) is 0 Å². The van der Waals surface area contributed by atoms with Crippen molar-refractivity contribution < 1.29 is 41.7 Å². The molecule has 0 spiro atoms. The van der Waals surface area contributed by atoms with Crippen molar-refractivity contribution in [3.05, 3.63) is 0 Å². The zero-order chi connectivity index (χ0) is 8.15. The van der Waals surface area contributed by atoms with Gasteiger partial charge in [0.25, 0.3) is 0 Å². The number of carboxylic acid groups (broad SMARTS) is 2. The molecule has 0 radical (unpaired) electrons. The Kier molecular flexibility index (Phi) is 47.3. The molecular weight excluding hydrogens is 242 g/mol. The summed E-state index contributed by atoms with van der Waals surface area (Å²) in [7, 11) is 0. The Hall–Kier alpha value is -0.000260. The second kappa shape index (κ2) is 19.6. The summed E-state index contributed by atoms with van der Waals surface area (Å²) in [4.78, 5) is 19.6. The fraction of sp³-hybridized carbons (Fsp3) is 0.600. The SMILES string of the molecule is N[C@H](CCC(=O)[O-])C(=O)[O-].O.O.O.O.[Ca+2]. The van der Waals surface area contributed by atoms with E-state index in [2.05, 4.69) is 0 Å². The summed E-state index contributed by atoms with van der Waals surface area (Å²) < 4.78 is 0. The molecule has 0 aromatic carbocycles. The van der Waals surface area contributed by atoms with E-state index in [1.165, 1.54) is 0 Å². The van der Waals surface area contributed by atoms with Crippen molar-refractivity contribution in [2.75, 3.05) is 0 Å². The van der Waals surface area contributed by atoms with Crippen molar-refractivity contribution in [3.63, 3.8) is 0 Å². The van der Waals surface area contributed by atoms with E-state index < -0.39 is 18.0 Å². The van der Waals surface area contributed by atoms with E-state index in [0.717, 1.165) is 0 Å². The molecule has 90 valence electrons. The van der Waals surface area contributed by atoms with Gasteiger partial charge in [0.2, 0.25) is 0 Å². The number of aliphatic carboxylic acids is 2. The molecule has 0 aromatic heterocycles. The Morgan fingerprint density at radius 1 is 1.07 bits per heavy atom. The van der Waals surface area contributed by atoms with Crippen LogP contribution in [0.15, 0.2) is 0 Å². The second-order valence-corrected chi connectivity index (χ2v) is 1.84. The van der Waals surface area contributed by atoms with Gasteiger partial charge in [0, 0.05) is 12.0 Å². The number of nitrogens with two attached hydrogens (primary N) is 1. The fourth-order valence-electron chi connectivity index (χ4n) is 0.391. The van der Waals surface area contributed by atoms with E-state index in [1.807, 2.05) is 0 Å². The molecule has 0 bridgehead atoms. The number of carboxylic acids is 2. The van der Waals surface area contributed by atoms with E-state index in [9.17, 15) is 19.8 Å². The Bertz CT molecular complexity index is 154. The van der Waals surface area contributed by atoms with E-state index in [1.54, 1.807) is 0 Å². The molecule has 15 heavy (non-hydrogen) atoms. The third kappa shape index (κ3) is 24.9. The van der Waals surface area contributed by atoms with Gasteiger partial charge in [-0.2, -0.15) is 0 Å². The molecule has 0 saturated carbocycles. The minimum atomic E-state index is -1.44. The number of carbonyl (C=O) groups is 2. The molecule has 0 aliphatic heterocycles. The molecule has 0 unspecified atom stereocenters. The predicted octanol–water partition coefficient (Wildman–Crippen LogP) is -7.09. The normalized spacial score (nSPS) is 8.33. The second-order valence-electron chi connectivity index (χ2n) is 1.84. The van der Waals surface area contributed by atoms with Crippen LogP contribution in [0.25, 0.3) is 0 Å². The zero-order valence-electron chi connectivity index (χ0n) is 7.91. The monoisotopic (exact) mass is 257 g/mol. The molecule has 0 aliphatic carbocycles. The number of hydrogen-bond donors (Lipinski definition) is 1. The van der Waals surface area contributed by atoms with Gasteiger partial charge in [-0.25, -0.2) is 0 Å². The average Bonchev–Trinajstić information content (AvgIpc) is 1.82. The first-order valence-electron chi connectivity index (χ1n) is 2.70. The van der Waals surface area contributed by atoms with Crippen molar-refractivity contribution in [1.29, 1.82) is 0 Å². The van der Waals surface area contributed by atoms with E-state index >= 15 is 0 Å². The largest absolute Gasteiger partial charge is 2.00 e. The van der Waals surface area contributed by atoms with Crippen LogP contribution in [-0.4, -0.2) is 77.6 Å². The van der Waals surface area contributed by atoms with Gasteiger partial charge in [0.1, 0.15) is 0 Å². The van der Waals surface area contributed by atoms with Crippen LogP contribution < -0.4 is 15.9 Å². The molecule has 0 heterocycles. The predicted molar refractivity (Wildman–Crippen MR) is 47.4 cm³/mol. The molecule has 10 heteroatoms. The van der Waals surface area contributed by atoms with Gasteiger partial charge in [0.15, 0.2) is 0 Å². The maximum atomic E-state index is 9.86. The summed E-state index contributed by atoms with van der Waals surface area (Å²) >= 11 is 0. The van der Waals surface area contributed by atoms with Crippen molar-refractivity contribution >= 4 is 49.7 Å². The minimum Gasteiger partial charge on any atom is -0.550 e.